The molecule has 11 heteroatoms. The van der Waals surface area contributed by atoms with Crippen molar-refractivity contribution in [1.82, 2.24) is 24.6 Å². The van der Waals surface area contributed by atoms with Crippen LogP contribution in [0.3, 0.4) is 0 Å². The normalized spacial score (nSPS) is 17.7. The van der Waals surface area contributed by atoms with Gasteiger partial charge in [-0.15, -0.1) is 0 Å². The number of carbonyl (C=O) groups is 2. The molecule has 0 radical (unpaired) electrons. The van der Waals surface area contributed by atoms with Crippen LogP contribution in [0.2, 0.25) is 0 Å². The fourth-order valence-corrected chi connectivity index (χ4v) is 5.12. The Morgan fingerprint density at radius 2 is 1.30 bits per heavy atom. The van der Waals surface area contributed by atoms with Crippen LogP contribution in [0, 0.1) is 17.6 Å². The lowest BCUT2D eigenvalue weighted by Gasteiger charge is -2.35. The molecule has 0 aliphatic carbocycles. The Labute approximate surface area is 234 Å². The van der Waals surface area contributed by atoms with Gasteiger partial charge in [-0.3, -0.25) is 0 Å². The van der Waals surface area contributed by atoms with Gasteiger partial charge in [0.1, 0.15) is 28.7 Å². The zero-order chi connectivity index (χ0) is 29.2. The topological polar surface area (TPSA) is 89.8 Å². The van der Waals surface area contributed by atoms with Crippen LogP contribution in [-0.4, -0.2) is 74.1 Å². The van der Waals surface area contributed by atoms with E-state index in [9.17, 15) is 18.4 Å². The summed E-state index contributed by atoms with van der Waals surface area (Å²) in [5, 5.41) is 4.72. The lowest BCUT2D eigenvalue weighted by molar-refractivity contribution is 0.0179. The number of hydrogen-bond acceptors (Lipinski definition) is 6. The van der Waals surface area contributed by atoms with Gasteiger partial charge in [-0.25, -0.2) is 28.0 Å². The number of ether oxygens (including phenoxy) is 2. The van der Waals surface area contributed by atoms with E-state index in [4.69, 9.17) is 19.6 Å². The maximum Gasteiger partial charge on any atom is 0.410 e. The quantitative estimate of drug-likeness (QED) is 0.456. The third-order valence-electron chi connectivity index (χ3n) is 7.02. The van der Waals surface area contributed by atoms with Crippen LogP contribution in [0.5, 0.6) is 0 Å². The van der Waals surface area contributed by atoms with Crippen LogP contribution < -0.4 is 0 Å². The number of benzene rings is 1. The summed E-state index contributed by atoms with van der Waals surface area (Å²) in [4.78, 5) is 33.2. The van der Waals surface area contributed by atoms with Crippen molar-refractivity contribution in [3.8, 4) is 11.4 Å². The summed E-state index contributed by atoms with van der Waals surface area (Å²) in [5.41, 5.74) is -0.833. The molecule has 9 nitrogen and oxygen atoms in total. The number of nitrogens with zero attached hydrogens (tertiary/aromatic N) is 5. The number of carbonyl (C=O) groups excluding carboxylic acids is 2. The van der Waals surface area contributed by atoms with E-state index >= 15 is 0 Å². The molecule has 0 spiro atoms. The molecule has 0 bridgehead atoms. The molecular formula is C29H41F2N5O4. The summed E-state index contributed by atoms with van der Waals surface area (Å²) in [6, 6.07) is 3.27. The second-order valence-electron chi connectivity index (χ2n) is 12.8. The molecular weight excluding hydrogens is 520 g/mol. The number of amides is 2. The summed E-state index contributed by atoms with van der Waals surface area (Å²) in [7, 11) is 0. The van der Waals surface area contributed by atoms with Crippen LogP contribution in [0.15, 0.2) is 18.2 Å². The third-order valence-corrected chi connectivity index (χ3v) is 7.02. The SMILES string of the molecule is CC(C)(C)OC(=O)N1CCC(Cc2nc(-c3cc(F)cc(F)c3)nn2C2CCN(C(=O)OC(C)(C)C)CC2)CC1. The van der Waals surface area contributed by atoms with E-state index < -0.39 is 22.8 Å². The fraction of sp³-hybridized carbons (Fsp3) is 0.655. The molecule has 1 aromatic heterocycles. The lowest BCUT2D eigenvalue weighted by Crippen LogP contribution is -2.43. The summed E-state index contributed by atoms with van der Waals surface area (Å²) in [6.07, 6.45) is 2.87. The summed E-state index contributed by atoms with van der Waals surface area (Å²) >= 11 is 0. The Balaban J connectivity index is 1.49. The first kappa shape index (κ1) is 29.7. The zero-order valence-electron chi connectivity index (χ0n) is 24.4. The zero-order valence-corrected chi connectivity index (χ0v) is 24.4. The second-order valence-corrected chi connectivity index (χ2v) is 12.8. The first-order valence-corrected chi connectivity index (χ1v) is 14.0. The molecule has 2 aromatic rings. The van der Waals surface area contributed by atoms with E-state index in [1.807, 2.05) is 46.2 Å². The van der Waals surface area contributed by atoms with E-state index in [1.165, 1.54) is 12.1 Å². The minimum absolute atomic E-state index is 0.0183. The Morgan fingerprint density at radius 3 is 1.77 bits per heavy atom. The van der Waals surface area contributed by atoms with E-state index in [0.717, 1.165) is 24.7 Å². The second kappa shape index (κ2) is 11.7. The standard InChI is InChI=1S/C29H41F2N5O4/c1-28(2,3)39-26(37)34-11-7-19(8-12-34)15-24-32-25(20-16-21(30)18-22(31)17-20)33-36(24)23-9-13-35(14-10-23)27(38)40-29(4,5)6/h16-19,23H,7-15H2,1-6H3. The number of aromatic nitrogens is 3. The molecule has 220 valence electrons. The van der Waals surface area contributed by atoms with Gasteiger partial charge >= 0.3 is 12.2 Å². The van der Waals surface area contributed by atoms with Gasteiger partial charge in [-0.05, 0) is 85.3 Å². The van der Waals surface area contributed by atoms with Crippen LogP contribution in [0.4, 0.5) is 18.4 Å². The van der Waals surface area contributed by atoms with E-state index in [-0.39, 0.29) is 35.5 Å². The van der Waals surface area contributed by atoms with Crippen molar-refractivity contribution >= 4 is 12.2 Å². The maximum absolute atomic E-state index is 14.0. The Bertz CT molecular complexity index is 1180. The van der Waals surface area contributed by atoms with E-state index in [2.05, 4.69) is 0 Å². The van der Waals surface area contributed by atoms with Crippen molar-refractivity contribution in [3.05, 3.63) is 35.7 Å². The van der Waals surface area contributed by atoms with Crippen LogP contribution >= 0.6 is 0 Å². The molecule has 2 fully saturated rings. The van der Waals surface area contributed by atoms with Crippen LogP contribution in [-0.2, 0) is 15.9 Å². The lowest BCUT2D eigenvalue weighted by atomic mass is 9.93. The fourth-order valence-electron chi connectivity index (χ4n) is 5.12. The molecule has 0 unspecified atom stereocenters. The van der Waals surface area contributed by atoms with Gasteiger partial charge in [0.15, 0.2) is 5.82 Å². The Hall–Kier alpha value is -3.24. The Morgan fingerprint density at radius 1 is 0.825 bits per heavy atom. The van der Waals surface area contributed by atoms with Gasteiger partial charge in [-0.2, -0.15) is 5.10 Å². The van der Waals surface area contributed by atoms with Crippen molar-refractivity contribution < 1.29 is 27.8 Å². The van der Waals surface area contributed by atoms with Crippen molar-refractivity contribution in [2.75, 3.05) is 26.2 Å². The monoisotopic (exact) mass is 561 g/mol. The molecule has 2 saturated heterocycles. The average Bonchev–Trinajstić information content (AvgIpc) is 3.25. The average molecular weight is 562 g/mol. The molecule has 40 heavy (non-hydrogen) atoms. The number of piperidine rings is 2. The molecule has 4 rings (SSSR count). The number of hydrogen-bond donors (Lipinski definition) is 0. The molecule has 2 aliphatic heterocycles. The number of likely N-dealkylation sites (tertiary alicyclic amines) is 2. The largest absolute Gasteiger partial charge is 0.444 e. The summed E-state index contributed by atoms with van der Waals surface area (Å²) in [5.74, 6) is -0.0954. The third kappa shape index (κ3) is 7.91. The minimum atomic E-state index is -0.687. The van der Waals surface area contributed by atoms with Gasteiger partial charge in [-0.1, -0.05) is 0 Å². The summed E-state index contributed by atoms with van der Waals surface area (Å²) in [6.45, 7) is 13.3. The van der Waals surface area contributed by atoms with Gasteiger partial charge < -0.3 is 19.3 Å². The molecule has 2 aliphatic rings. The summed E-state index contributed by atoms with van der Waals surface area (Å²) < 4.78 is 40.9. The predicted molar refractivity (Wildman–Crippen MR) is 146 cm³/mol. The minimum Gasteiger partial charge on any atom is -0.444 e. The highest BCUT2D eigenvalue weighted by Crippen LogP contribution is 2.30. The molecule has 3 heterocycles. The van der Waals surface area contributed by atoms with Crippen molar-refractivity contribution in [1.29, 1.82) is 0 Å². The highest BCUT2D eigenvalue weighted by Gasteiger charge is 2.32. The molecule has 0 atom stereocenters. The maximum atomic E-state index is 14.0. The molecule has 0 saturated carbocycles. The number of rotatable bonds is 4. The predicted octanol–water partition coefficient (Wildman–Crippen LogP) is 5.98. The van der Waals surface area contributed by atoms with Gasteiger partial charge in [0.05, 0.1) is 6.04 Å². The van der Waals surface area contributed by atoms with Gasteiger partial charge in [0.25, 0.3) is 0 Å². The number of halogens is 2. The highest BCUT2D eigenvalue weighted by molar-refractivity contribution is 5.68. The molecule has 0 N–H and O–H groups in total. The van der Waals surface area contributed by atoms with Crippen molar-refractivity contribution in [2.45, 2.75) is 90.9 Å². The van der Waals surface area contributed by atoms with E-state index in [1.54, 1.807) is 9.80 Å². The first-order valence-electron chi connectivity index (χ1n) is 14.0. The molecule has 2 amide bonds. The highest BCUT2D eigenvalue weighted by atomic mass is 19.1. The van der Waals surface area contributed by atoms with Gasteiger partial charge in [0, 0.05) is 44.2 Å². The Kier molecular flexibility index (Phi) is 8.70. The van der Waals surface area contributed by atoms with Crippen LogP contribution in [0.1, 0.15) is 79.1 Å². The van der Waals surface area contributed by atoms with E-state index in [0.29, 0.717) is 45.4 Å². The van der Waals surface area contributed by atoms with Crippen molar-refractivity contribution in [2.24, 2.45) is 5.92 Å². The first-order chi connectivity index (χ1) is 18.7. The van der Waals surface area contributed by atoms with Crippen LogP contribution in [0.25, 0.3) is 11.4 Å². The van der Waals surface area contributed by atoms with Gasteiger partial charge in [0.2, 0.25) is 0 Å². The van der Waals surface area contributed by atoms with Crippen molar-refractivity contribution in [3.63, 3.8) is 0 Å². The smallest absolute Gasteiger partial charge is 0.410 e. The molecule has 1 aromatic carbocycles.